The summed E-state index contributed by atoms with van der Waals surface area (Å²) < 4.78 is 0. The van der Waals surface area contributed by atoms with E-state index in [9.17, 15) is 4.79 Å². The molecule has 0 aromatic carbocycles. The summed E-state index contributed by atoms with van der Waals surface area (Å²) in [5, 5.41) is 11.7. The SMILES string of the molecule is CC(C)(NCc1ncccn1)C(=O)O. The van der Waals surface area contributed by atoms with Crippen LogP contribution in [-0.2, 0) is 11.3 Å². The van der Waals surface area contributed by atoms with E-state index in [1.54, 1.807) is 32.3 Å². The molecule has 14 heavy (non-hydrogen) atoms. The lowest BCUT2D eigenvalue weighted by Crippen LogP contribution is -2.46. The Hall–Kier alpha value is -1.49. The Morgan fingerprint density at radius 3 is 2.57 bits per heavy atom. The molecule has 76 valence electrons. The molecule has 1 rings (SSSR count). The maximum atomic E-state index is 10.7. The van der Waals surface area contributed by atoms with Crippen molar-refractivity contribution in [3.63, 3.8) is 0 Å². The van der Waals surface area contributed by atoms with Gasteiger partial charge in [-0.15, -0.1) is 0 Å². The predicted octanol–water partition coefficient (Wildman–Crippen LogP) is 0.429. The van der Waals surface area contributed by atoms with Crippen molar-refractivity contribution in [2.75, 3.05) is 0 Å². The van der Waals surface area contributed by atoms with Gasteiger partial charge in [-0.3, -0.25) is 10.1 Å². The van der Waals surface area contributed by atoms with Gasteiger partial charge in [0.15, 0.2) is 0 Å². The van der Waals surface area contributed by atoms with Gasteiger partial charge >= 0.3 is 5.97 Å². The molecule has 0 aliphatic heterocycles. The first-order chi connectivity index (χ1) is 6.52. The smallest absolute Gasteiger partial charge is 0.323 e. The molecule has 0 unspecified atom stereocenters. The average molecular weight is 195 g/mol. The van der Waals surface area contributed by atoms with Crippen LogP contribution in [0.5, 0.6) is 0 Å². The van der Waals surface area contributed by atoms with Crippen LogP contribution in [0.4, 0.5) is 0 Å². The van der Waals surface area contributed by atoms with E-state index in [0.717, 1.165) is 0 Å². The van der Waals surface area contributed by atoms with Crippen molar-refractivity contribution >= 4 is 5.97 Å². The number of nitrogens with zero attached hydrogens (tertiary/aromatic N) is 2. The quantitative estimate of drug-likeness (QED) is 0.728. The number of hydrogen-bond donors (Lipinski definition) is 2. The Balaban J connectivity index is 2.53. The highest BCUT2D eigenvalue weighted by atomic mass is 16.4. The molecular formula is C9H13N3O2. The summed E-state index contributed by atoms with van der Waals surface area (Å²) >= 11 is 0. The summed E-state index contributed by atoms with van der Waals surface area (Å²) in [6.07, 6.45) is 3.25. The fraction of sp³-hybridized carbons (Fsp3) is 0.444. The van der Waals surface area contributed by atoms with Gasteiger partial charge in [0.25, 0.3) is 0 Å². The zero-order valence-corrected chi connectivity index (χ0v) is 8.19. The fourth-order valence-electron chi connectivity index (χ4n) is 0.797. The minimum absolute atomic E-state index is 0.347. The molecule has 2 N–H and O–H groups in total. The molecule has 1 aromatic heterocycles. The maximum Gasteiger partial charge on any atom is 0.323 e. The van der Waals surface area contributed by atoms with Crippen molar-refractivity contribution in [1.29, 1.82) is 0 Å². The maximum absolute atomic E-state index is 10.7. The zero-order valence-electron chi connectivity index (χ0n) is 8.19. The largest absolute Gasteiger partial charge is 0.480 e. The van der Waals surface area contributed by atoms with Gasteiger partial charge < -0.3 is 5.11 Å². The Labute approximate surface area is 82.2 Å². The van der Waals surface area contributed by atoms with Gasteiger partial charge in [0.2, 0.25) is 0 Å². The minimum Gasteiger partial charge on any atom is -0.480 e. The van der Waals surface area contributed by atoms with E-state index in [2.05, 4.69) is 15.3 Å². The van der Waals surface area contributed by atoms with E-state index in [4.69, 9.17) is 5.11 Å². The average Bonchev–Trinajstić information content (AvgIpc) is 2.16. The van der Waals surface area contributed by atoms with Gasteiger partial charge in [0.1, 0.15) is 11.4 Å². The van der Waals surface area contributed by atoms with Crippen LogP contribution in [0, 0.1) is 0 Å². The monoisotopic (exact) mass is 195 g/mol. The molecule has 0 spiro atoms. The van der Waals surface area contributed by atoms with Crippen LogP contribution in [0.2, 0.25) is 0 Å². The normalized spacial score (nSPS) is 11.3. The number of carboxylic acid groups (broad SMARTS) is 1. The van der Waals surface area contributed by atoms with Gasteiger partial charge in [0, 0.05) is 12.4 Å². The Bertz CT molecular complexity index is 311. The lowest BCUT2D eigenvalue weighted by atomic mass is 10.1. The first kappa shape index (κ1) is 10.6. The molecule has 0 saturated carbocycles. The van der Waals surface area contributed by atoms with E-state index in [1.807, 2.05) is 0 Å². The summed E-state index contributed by atoms with van der Waals surface area (Å²) in [5.41, 5.74) is -0.959. The second-order valence-corrected chi connectivity index (χ2v) is 3.45. The zero-order chi connectivity index (χ0) is 10.6. The molecule has 1 heterocycles. The Morgan fingerprint density at radius 2 is 2.07 bits per heavy atom. The molecule has 0 amide bonds. The van der Waals surface area contributed by atoms with Crippen molar-refractivity contribution in [3.05, 3.63) is 24.3 Å². The third-order valence-corrected chi connectivity index (χ3v) is 1.84. The predicted molar refractivity (Wildman–Crippen MR) is 50.6 cm³/mol. The minimum atomic E-state index is -0.959. The van der Waals surface area contributed by atoms with Crippen molar-refractivity contribution in [1.82, 2.24) is 15.3 Å². The Kier molecular flexibility index (Phi) is 3.14. The number of carboxylic acids is 1. The first-order valence-electron chi connectivity index (χ1n) is 4.27. The molecule has 5 nitrogen and oxygen atoms in total. The van der Waals surface area contributed by atoms with Gasteiger partial charge in [-0.1, -0.05) is 0 Å². The van der Waals surface area contributed by atoms with Gasteiger partial charge in [-0.25, -0.2) is 9.97 Å². The molecule has 0 radical (unpaired) electrons. The van der Waals surface area contributed by atoms with E-state index < -0.39 is 11.5 Å². The van der Waals surface area contributed by atoms with E-state index in [-0.39, 0.29) is 0 Å². The van der Waals surface area contributed by atoms with Gasteiger partial charge in [-0.05, 0) is 19.9 Å². The molecular weight excluding hydrogens is 182 g/mol. The highest BCUT2D eigenvalue weighted by Crippen LogP contribution is 2.02. The highest BCUT2D eigenvalue weighted by molar-refractivity contribution is 5.77. The van der Waals surface area contributed by atoms with Crippen LogP contribution in [-0.4, -0.2) is 26.6 Å². The van der Waals surface area contributed by atoms with Crippen molar-refractivity contribution in [2.24, 2.45) is 0 Å². The van der Waals surface area contributed by atoms with Crippen LogP contribution in [0.25, 0.3) is 0 Å². The molecule has 0 fully saturated rings. The van der Waals surface area contributed by atoms with Crippen LogP contribution in [0.3, 0.4) is 0 Å². The molecule has 0 aliphatic rings. The third-order valence-electron chi connectivity index (χ3n) is 1.84. The van der Waals surface area contributed by atoms with Crippen LogP contribution in [0.1, 0.15) is 19.7 Å². The van der Waals surface area contributed by atoms with Crippen molar-refractivity contribution < 1.29 is 9.90 Å². The van der Waals surface area contributed by atoms with E-state index >= 15 is 0 Å². The lowest BCUT2D eigenvalue weighted by Gasteiger charge is -2.20. The summed E-state index contributed by atoms with van der Waals surface area (Å²) in [5.74, 6) is -0.310. The number of nitrogens with one attached hydrogen (secondary N) is 1. The fourth-order valence-corrected chi connectivity index (χ4v) is 0.797. The van der Waals surface area contributed by atoms with Crippen molar-refractivity contribution in [2.45, 2.75) is 25.9 Å². The number of hydrogen-bond acceptors (Lipinski definition) is 4. The summed E-state index contributed by atoms with van der Waals surface area (Å²) in [7, 11) is 0. The summed E-state index contributed by atoms with van der Waals surface area (Å²) in [6.45, 7) is 3.54. The molecule has 0 atom stereocenters. The summed E-state index contributed by atoms with van der Waals surface area (Å²) in [4.78, 5) is 18.7. The van der Waals surface area contributed by atoms with Crippen LogP contribution < -0.4 is 5.32 Å². The molecule has 0 saturated heterocycles. The molecule has 0 bridgehead atoms. The summed E-state index contributed by atoms with van der Waals surface area (Å²) in [6, 6.07) is 1.71. The highest BCUT2D eigenvalue weighted by Gasteiger charge is 2.26. The second-order valence-electron chi connectivity index (χ2n) is 3.45. The van der Waals surface area contributed by atoms with Gasteiger partial charge in [-0.2, -0.15) is 0 Å². The number of rotatable bonds is 4. The van der Waals surface area contributed by atoms with Crippen LogP contribution in [0.15, 0.2) is 18.5 Å². The third kappa shape index (κ3) is 2.77. The van der Waals surface area contributed by atoms with Crippen LogP contribution >= 0.6 is 0 Å². The van der Waals surface area contributed by atoms with Gasteiger partial charge in [0.05, 0.1) is 6.54 Å². The van der Waals surface area contributed by atoms with E-state index in [1.165, 1.54) is 0 Å². The molecule has 1 aromatic rings. The standard InChI is InChI=1S/C9H13N3O2/c1-9(2,8(13)14)12-6-7-10-4-3-5-11-7/h3-5,12H,6H2,1-2H3,(H,13,14). The Morgan fingerprint density at radius 1 is 1.50 bits per heavy atom. The topological polar surface area (TPSA) is 75.1 Å². The second kappa shape index (κ2) is 4.15. The number of carbonyl (C=O) groups is 1. The van der Waals surface area contributed by atoms with Crippen molar-refractivity contribution in [3.8, 4) is 0 Å². The number of aliphatic carboxylic acids is 1. The molecule has 0 aliphatic carbocycles. The first-order valence-corrected chi connectivity index (χ1v) is 4.27. The van der Waals surface area contributed by atoms with E-state index in [0.29, 0.717) is 12.4 Å². The lowest BCUT2D eigenvalue weighted by molar-refractivity contribution is -0.143. The molecule has 5 heteroatoms. The number of aromatic nitrogens is 2.